The molecular weight excluding hydrogens is 292 g/mol. The lowest BCUT2D eigenvalue weighted by molar-refractivity contribution is -0.114. The molecule has 0 aliphatic carbocycles. The van der Waals surface area contributed by atoms with Gasteiger partial charge >= 0.3 is 0 Å². The Morgan fingerprint density at radius 1 is 1.15 bits per heavy atom. The molecule has 0 saturated carbocycles. The molecule has 0 fully saturated rings. The normalized spacial score (nSPS) is 14.8. The summed E-state index contributed by atoms with van der Waals surface area (Å²) in [6, 6.07) is 1.55. The molecular formula is C12H11F2NO4S. The number of sulfone groups is 1. The molecule has 8 heteroatoms. The lowest BCUT2D eigenvalue weighted by Crippen LogP contribution is -2.34. The Labute approximate surface area is 114 Å². The number of nitrogens with zero attached hydrogens (tertiary/aromatic N) is 1. The van der Waals surface area contributed by atoms with Crippen molar-refractivity contribution < 1.29 is 26.8 Å². The Morgan fingerprint density at radius 3 is 2.35 bits per heavy atom. The van der Waals surface area contributed by atoms with Crippen LogP contribution in [0.3, 0.4) is 0 Å². The Morgan fingerprint density at radius 2 is 1.75 bits per heavy atom. The fourth-order valence-corrected chi connectivity index (χ4v) is 2.69. The standard InChI is InChI=1S/C12H11F2NO4S/c1-2-20(18,19)6-5-15-10-8(14)4-3-7(13)9(10)11(16)12(15)17/h3-4H,2,5-6H2,1H3. The molecule has 1 aliphatic rings. The number of carbonyl (C=O) groups excluding carboxylic acids is 2. The van der Waals surface area contributed by atoms with Crippen molar-refractivity contribution in [2.24, 2.45) is 0 Å². The first-order chi connectivity index (χ1) is 9.28. The summed E-state index contributed by atoms with van der Waals surface area (Å²) in [6.07, 6.45) is 0. The van der Waals surface area contributed by atoms with Gasteiger partial charge < -0.3 is 4.90 Å². The molecule has 1 aromatic rings. The highest BCUT2D eigenvalue weighted by Crippen LogP contribution is 2.33. The molecule has 2 rings (SSSR count). The van der Waals surface area contributed by atoms with Crippen LogP contribution in [0.4, 0.5) is 14.5 Å². The van der Waals surface area contributed by atoms with Crippen molar-refractivity contribution in [1.82, 2.24) is 0 Å². The minimum Gasteiger partial charge on any atom is -0.301 e. The topological polar surface area (TPSA) is 71.5 Å². The van der Waals surface area contributed by atoms with E-state index in [2.05, 4.69) is 0 Å². The fourth-order valence-electron chi connectivity index (χ4n) is 1.94. The monoisotopic (exact) mass is 303 g/mol. The highest BCUT2D eigenvalue weighted by molar-refractivity contribution is 7.91. The van der Waals surface area contributed by atoms with E-state index in [-0.39, 0.29) is 12.3 Å². The summed E-state index contributed by atoms with van der Waals surface area (Å²) < 4.78 is 50.1. The molecule has 0 unspecified atom stereocenters. The number of hydrogen-bond acceptors (Lipinski definition) is 4. The van der Waals surface area contributed by atoms with E-state index in [9.17, 15) is 26.8 Å². The summed E-state index contributed by atoms with van der Waals surface area (Å²) in [7, 11) is -3.39. The van der Waals surface area contributed by atoms with Crippen LogP contribution in [0, 0.1) is 11.6 Å². The maximum atomic E-state index is 13.7. The summed E-state index contributed by atoms with van der Waals surface area (Å²) in [5, 5.41) is 0. The number of anilines is 1. The van der Waals surface area contributed by atoms with Crippen molar-refractivity contribution in [2.75, 3.05) is 23.0 Å². The summed E-state index contributed by atoms with van der Waals surface area (Å²) in [4.78, 5) is 24.0. The van der Waals surface area contributed by atoms with Gasteiger partial charge in [-0.25, -0.2) is 17.2 Å². The molecule has 1 aliphatic heterocycles. The zero-order valence-electron chi connectivity index (χ0n) is 10.5. The van der Waals surface area contributed by atoms with Crippen LogP contribution < -0.4 is 4.90 Å². The number of ketones is 1. The number of hydrogen-bond donors (Lipinski definition) is 0. The summed E-state index contributed by atoms with van der Waals surface area (Å²) in [6.45, 7) is 1.05. The van der Waals surface area contributed by atoms with Crippen LogP contribution in [0.1, 0.15) is 17.3 Å². The minimum atomic E-state index is -3.39. The maximum Gasteiger partial charge on any atom is 0.299 e. The molecule has 1 heterocycles. The van der Waals surface area contributed by atoms with E-state index >= 15 is 0 Å². The number of halogens is 2. The average molecular weight is 303 g/mol. The van der Waals surface area contributed by atoms with Crippen molar-refractivity contribution >= 4 is 27.2 Å². The fraction of sp³-hybridized carbons (Fsp3) is 0.333. The van der Waals surface area contributed by atoms with Crippen molar-refractivity contribution in [1.29, 1.82) is 0 Å². The van der Waals surface area contributed by atoms with Gasteiger partial charge in [-0.3, -0.25) is 9.59 Å². The lowest BCUT2D eigenvalue weighted by atomic mass is 10.1. The molecule has 108 valence electrons. The van der Waals surface area contributed by atoms with E-state index in [0.29, 0.717) is 4.90 Å². The van der Waals surface area contributed by atoms with Crippen LogP contribution >= 0.6 is 0 Å². The molecule has 0 radical (unpaired) electrons. The number of carbonyl (C=O) groups is 2. The molecule has 0 bridgehead atoms. The molecule has 1 aromatic carbocycles. The number of Topliss-reactive ketones (excluding diaryl/α,β-unsaturated/α-hetero) is 1. The van der Waals surface area contributed by atoms with Crippen LogP contribution in [0.5, 0.6) is 0 Å². The van der Waals surface area contributed by atoms with E-state index in [1.807, 2.05) is 0 Å². The predicted octanol–water partition coefficient (Wildman–Crippen LogP) is 0.929. The van der Waals surface area contributed by atoms with E-state index in [4.69, 9.17) is 0 Å². The molecule has 0 atom stereocenters. The minimum absolute atomic E-state index is 0.137. The molecule has 1 amide bonds. The van der Waals surface area contributed by atoms with Crippen molar-refractivity contribution in [2.45, 2.75) is 6.92 Å². The van der Waals surface area contributed by atoms with E-state index in [1.165, 1.54) is 6.92 Å². The molecule has 20 heavy (non-hydrogen) atoms. The number of fused-ring (bicyclic) bond motifs is 1. The van der Waals surface area contributed by atoms with Crippen molar-refractivity contribution in [3.05, 3.63) is 29.3 Å². The first-order valence-electron chi connectivity index (χ1n) is 5.83. The third kappa shape index (κ3) is 2.31. The van der Waals surface area contributed by atoms with Gasteiger partial charge in [0.05, 0.1) is 17.0 Å². The van der Waals surface area contributed by atoms with Crippen molar-refractivity contribution in [3.8, 4) is 0 Å². The second-order valence-electron chi connectivity index (χ2n) is 4.28. The third-order valence-corrected chi connectivity index (χ3v) is 4.76. The van der Waals surface area contributed by atoms with Crippen molar-refractivity contribution in [3.63, 3.8) is 0 Å². The highest BCUT2D eigenvalue weighted by Gasteiger charge is 2.40. The maximum absolute atomic E-state index is 13.7. The van der Waals surface area contributed by atoms with Gasteiger partial charge in [-0.2, -0.15) is 0 Å². The summed E-state index contributed by atoms with van der Waals surface area (Å²) in [5.41, 5.74) is -1.12. The second kappa shape index (κ2) is 4.93. The van der Waals surface area contributed by atoms with Gasteiger partial charge in [0.1, 0.15) is 11.6 Å². The largest absolute Gasteiger partial charge is 0.301 e. The van der Waals surface area contributed by atoms with Crippen LogP contribution in [-0.2, 0) is 14.6 Å². The molecule has 0 saturated heterocycles. The van der Waals surface area contributed by atoms with Gasteiger partial charge in [0, 0.05) is 12.3 Å². The Balaban J connectivity index is 2.41. The third-order valence-electron chi connectivity index (χ3n) is 3.08. The molecule has 0 spiro atoms. The SMILES string of the molecule is CCS(=O)(=O)CCN1C(=O)C(=O)c2c(F)ccc(F)c21. The smallest absolute Gasteiger partial charge is 0.299 e. The zero-order chi connectivity index (χ0) is 15.1. The predicted molar refractivity (Wildman–Crippen MR) is 67.4 cm³/mol. The number of amides is 1. The van der Waals surface area contributed by atoms with E-state index in [0.717, 1.165) is 12.1 Å². The average Bonchev–Trinajstić information content (AvgIpc) is 2.66. The van der Waals surface area contributed by atoms with Crippen LogP contribution in [0.2, 0.25) is 0 Å². The van der Waals surface area contributed by atoms with E-state index < -0.39 is 50.2 Å². The Kier molecular flexibility index (Phi) is 3.59. The summed E-state index contributed by atoms with van der Waals surface area (Å²) >= 11 is 0. The van der Waals surface area contributed by atoms with Gasteiger partial charge in [-0.1, -0.05) is 6.92 Å². The number of benzene rings is 1. The van der Waals surface area contributed by atoms with Crippen LogP contribution in [0.25, 0.3) is 0 Å². The lowest BCUT2D eigenvalue weighted by Gasteiger charge is -2.16. The highest BCUT2D eigenvalue weighted by atomic mass is 32.2. The Hall–Kier alpha value is -1.83. The first-order valence-corrected chi connectivity index (χ1v) is 7.65. The second-order valence-corrected chi connectivity index (χ2v) is 6.75. The van der Waals surface area contributed by atoms with E-state index in [1.54, 1.807) is 0 Å². The van der Waals surface area contributed by atoms with Crippen LogP contribution in [0.15, 0.2) is 12.1 Å². The van der Waals surface area contributed by atoms with Crippen LogP contribution in [-0.4, -0.2) is 38.2 Å². The molecule has 0 aromatic heterocycles. The van der Waals surface area contributed by atoms with Gasteiger partial charge in [-0.05, 0) is 12.1 Å². The molecule has 0 N–H and O–H groups in total. The van der Waals surface area contributed by atoms with Gasteiger partial charge in [0.25, 0.3) is 11.7 Å². The van der Waals surface area contributed by atoms with Gasteiger partial charge in [-0.15, -0.1) is 0 Å². The first kappa shape index (κ1) is 14.6. The van der Waals surface area contributed by atoms with Gasteiger partial charge in [0.15, 0.2) is 9.84 Å². The molecule has 5 nitrogen and oxygen atoms in total. The Bertz CT molecular complexity index is 700. The van der Waals surface area contributed by atoms with Gasteiger partial charge in [0.2, 0.25) is 0 Å². The zero-order valence-corrected chi connectivity index (χ0v) is 11.3. The number of rotatable bonds is 4. The quantitative estimate of drug-likeness (QED) is 0.776. The summed E-state index contributed by atoms with van der Waals surface area (Å²) in [5.74, 6) is -4.77.